The fourth-order valence-electron chi connectivity index (χ4n) is 1.60. The van der Waals surface area contributed by atoms with E-state index >= 15 is 0 Å². The third-order valence-electron chi connectivity index (χ3n) is 2.92. The second kappa shape index (κ2) is 6.54. The molecule has 0 fully saturated rings. The van der Waals surface area contributed by atoms with Crippen LogP contribution in [0.1, 0.15) is 31.7 Å². The van der Waals surface area contributed by atoms with Crippen LogP contribution in [0.2, 0.25) is 0 Å². The van der Waals surface area contributed by atoms with Gasteiger partial charge in [0.25, 0.3) is 0 Å². The van der Waals surface area contributed by atoms with Gasteiger partial charge in [-0.15, -0.1) is 0 Å². The number of rotatable bonds is 6. The summed E-state index contributed by atoms with van der Waals surface area (Å²) < 4.78 is 5.85. The first-order valence-electron chi connectivity index (χ1n) is 6.16. The maximum Gasteiger partial charge on any atom is 0.137 e. The highest BCUT2D eigenvalue weighted by Crippen LogP contribution is 2.28. The predicted molar refractivity (Wildman–Crippen MR) is 68.3 cm³/mol. The first kappa shape index (κ1) is 13.0. The molecule has 1 aromatic rings. The Balaban J connectivity index is 2.64. The Labute approximate surface area is 99.2 Å². The van der Waals surface area contributed by atoms with E-state index in [2.05, 4.69) is 46.1 Å². The van der Waals surface area contributed by atoms with E-state index in [1.165, 1.54) is 10.5 Å². The zero-order valence-corrected chi connectivity index (χ0v) is 10.9. The van der Waals surface area contributed by atoms with Gasteiger partial charge in [-0.05, 0) is 24.0 Å². The molecule has 1 atom stereocenters. The lowest BCUT2D eigenvalue weighted by atomic mass is 9.98. The maximum atomic E-state index is 5.85. The van der Waals surface area contributed by atoms with Crippen molar-refractivity contribution in [3.05, 3.63) is 29.8 Å². The predicted octanol–water partition coefficient (Wildman–Crippen LogP) is 1.72. The highest BCUT2D eigenvalue weighted by Gasteiger charge is 2.09. The number of benzene rings is 1. The molecular formula is C14H24NO+. The second-order valence-corrected chi connectivity index (χ2v) is 4.65. The van der Waals surface area contributed by atoms with Crippen LogP contribution >= 0.6 is 0 Å². The molecule has 0 radical (unpaired) electrons. The van der Waals surface area contributed by atoms with Crippen molar-refractivity contribution < 1.29 is 9.64 Å². The average Bonchev–Trinajstić information content (AvgIpc) is 2.28. The molecule has 1 N–H and O–H groups in total. The Bertz CT molecular complexity index is 309. The molecule has 0 heterocycles. The highest BCUT2D eigenvalue weighted by molar-refractivity contribution is 5.35. The zero-order valence-electron chi connectivity index (χ0n) is 10.9. The number of quaternary nitrogens is 1. The van der Waals surface area contributed by atoms with Gasteiger partial charge in [-0.3, -0.25) is 0 Å². The molecule has 0 spiro atoms. The highest BCUT2D eigenvalue weighted by atomic mass is 16.5. The van der Waals surface area contributed by atoms with Crippen molar-refractivity contribution in [1.82, 2.24) is 0 Å². The summed E-state index contributed by atoms with van der Waals surface area (Å²) in [6, 6.07) is 8.38. The van der Waals surface area contributed by atoms with Gasteiger partial charge < -0.3 is 9.64 Å². The molecule has 0 unspecified atom stereocenters. The van der Waals surface area contributed by atoms with Gasteiger partial charge in [-0.25, -0.2) is 0 Å². The van der Waals surface area contributed by atoms with Crippen LogP contribution in [0.4, 0.5) is 0 Å². The lowest BCUT2D eigenvalue weighted by Gasteiger charge is -2.16. The van der Waals surface area contributed by atoms with Crippen molar-refractivity contribution in [3.63, 3.8) is 0 Å². The van der Waals surface area contributed by atoms with E-state index in [1.807, 2.05) is 6.07 Å². The second-order valence-electron chi connectivity index (χ2n) is 4.65. The summed E-state index contributed by atoms with van der Waals surface area (Å²) in [7, 11) is 4.29. The van der Waals surface area contributed by atoms with Gasteiger partial charge in [0.2, 0.25) is 0 Å². The van der Waals surface area contributed by atoms with E-state index in [9.17, 15) is 0 Å². The summed E-state index contributed by atoms with van der Waals surface area (Å²) >= 11 is 0. The first-order valence-corrected chi connectivity index (χ1v) is 6.16. The van der Waals surface area contributed by atoms with Gasteiger partial charge in [-0.1, -0.05) is 32.0 Å². The molecule has 2 nitrogen and oxygen atoms in total. The van der Waals surface area contributed by atoms with E-state index in [0.717, 1.165) is 25.3 Å². The molecule has 0 bridgehead atoms. The van der Waals surface area contributed by atoms with Crippen LogP contribution in [0.3, 0.4) is 0 Å². The number of hydrogen-bond donors (Lipinski definition) is 1. The lowest BCUT2D eigenvalue weighted by Crippen LogP contribution is -3.06. The van der Waals surface area contributed by atoms with Gasteiger partial charge in [0.15, 0.2) is 0 Å². The summed E-state index contributed by atoms with van der Waals surface area (Å²) in [6.07, 6.45) is 1.15. The Morgan fingerprint density at radius 3 is 2.56 bits per heavy atom. The first-order chi connectivity index (χ1) is 7.65. The van der Waals surface area contributed by atoms with Crippen LogP contribution in [-0.4, -0.2) is 27.2 Å². The van der Waals surface area contributed by atoms with Crippen LogP contribution in [0, 0.1) is 0 Å². The number of para-hydroxylation sites is 1. The van der Waals surface area contributed by atoms with Crippen molar-refractivity contribution >= 4 is 0 Å². The summed E-state index contributed by atoms with van der Waals surface area (Å²) in [5.41, 5.74) is 1.33. The number of ether oxygens (including phenoxy) is 1. The Morgan fingerprint density at radius 2 is 1.94 bits per heavy atom. The largest absolute Gasteiger partial charge is 0.487 e. The van der Waals surface area contributed by atoms with Crippen molar-refractivity contribution in [2.24, 2.45) is 0 Å². The molecule has 1 rings (SSSR count). The molecule has 2 heteroatoms. The molecule has 0 aliphatic rings. The molecule has 16 heavy (non-hydrogen) atoms. The van der Waals surface area contributed by atoms with Crippen LogP contribution in [0.5, 0.6) is 5.75 Å². The Hall–Kier alpha value is -1.02. The molecule has 0 saturated carbocycles. The lowest BCUT2D eigenvalue weighted by molar-refractivity contribution is -0.858. The van der Waals surface area contributed by atoms with Gasteiger partial charge in [0.1, 0.15) is 18.9 Å². The number of likely N-dealkylation sites (N-methyl/N-ethyl adjacent to an activating group) is 1. The summed E-state index contributed by atoms with van der Waals surface area (Å²) in [6.45, 7) is 6.29. The molecule has 0 amide bonds. The van der Waals surface area contributed by atoms with Crippen molar-refractivity contribution in [1.29, 1.82) is 0 Å². The monoisotopic (exact) mass is 222 g/mol. The molecule has 0 saturated heterocycles. The van der Waals surface area contributed by atoms with Crippen molar-refractivity contribution in [2.75, 3.05) is 27.2 Å². The number of nitrogens with one attached hydrogen (secondary N) is 1. The molecule has 0 aliphatic heterocycles. The summed E-state index contributed by atoms with van der Waals surface area (Å²) in [4.78, 5) is 1.42. The van der Waals surface area contributed by atoms with Crippen LogP contribution < -0.4 is 9.64 Å². The average molecular weight is 222 g/mol. The standard InChI is InChI=1S/C14H23NO/c1-5-12(2)13-8-6-7-9-14(13)16-11-10-15(3)4/h6-9,12H,5,10-11H2,1-4H3/p+1/t12-/m0/s1. The smallest absolute Gasteiger partial charge is 0.137 e. The SMILES string of the molecule is CC[C@H](C)c1ccccc1OCC[NH+](C)C. The third kappa shape index (κ3) is 3.86. The van der Waals surface area contributed by atoms with Crippen molar-refractivity contribution in [3.8, 4) is 5.75 Å². The fraction of sp³-hybridized carbons (Fsp3) is 0.571. The molecule has 90 valence electrons. The van der Waals surface area contributed by atoms with Crippen molar-refractivity contribution in [2.45, 2.75) is 26.2 Å². The van der Waals surface area contributed by atoms with E-state index in [-0.39, 0.29) is 0 Å². The minimum absolute atomic E-state index is 0.572. The Morgan fingerprint density at radius 1 is 1.25 bits per heavy atom. The van der Waals surface area contributed by atoms with E-state index in [0.29, 0.717) is 5.92 Å². The topological polar surface area (TPSA) is 13.7 Å². The Kier molecular flexibility index (Phi) is 5.33. The van der Waals surface area contributed by atoms with Gasteiger partial charge in [0.05, 0.1) is 14.1 Å². The van der Waals surface area contributed by atoms with E-state index in [1.54, 1.807) is 0 Å². The van der Waals surface area contributed by atoms with E-state index < -0.39 is 0 Å². The zero-order chi connectivity index (χ0) is 12.0. The van der Waals surface area contributed by atoms with Crippen LogP contribution in [0.25, 0.3) is 0 Å². The summed E-state index contributed by atoms with van der Waals surface area (Å²) in [5.74, 6) is 1.63. The minimum atomic E-state index is 0.572. The molecule has 0 aliphatic carbocycles. The summed E-state index contributed by atoms with van der Waals surface area (Å²) in [5, 5.41) is 0. The fourth-order valence-corrected chi connectivity index (χ4v) is 1.60. The molecule has 1 aromatic carbocycles. The van der Waals surface area contributed by atoms with Gasteiger partial charge in [0, 0.05) is 0 Å². The van der Waals surface area contributed by atoms with Crippen LogP contribution in [-0.2, 0) is 0 Å². The van der Waals surface area contributed by atoms with E-state index in [4.69, 9.17) is 4.74 Å². The molecular weight excluding hydrogens is 198 g/mol. The van der Waals surface area contributed by atoms with Crippen LogP contribution in [0.15, 0.2) is 24.3 Å². The molecule has 0 aromatic heterocycles. The normalized spacial score (nSPS) is 12.8. The number of hydrogen-bond acceptors (Lipinski definition) is 1. The quantitative estimate of drug-likeness (QED) is 0.774. The van der Waals surface area contributed by atoms with Gasteiger partial charge >= 0.3 is 0 Å². The maximum absolute atomic E-state index is 5.85. The third-order valence-corrected chi connectivity index (χ3v) is 2.92. The minimum Gasteiger partial charge on any atom is -0.487 e. The van der Waals surface area contributed by atoms with Gasteiger partial charge in [-0.2, -0.15) is 0 Å².